The van der Waals surface area contributed by atoms with Crippen molar-refractivity contribution in [3.63, 3.8) is 0 Å². The fraction of sp³-hybridized carbons (Fsp3) is 0.417. The third-order valence-corrected chi connectivity index (χ3v) is 6.30. The molecule has 3 rings (SSSR count). The zero-order valence-electron chi connectivity index (χ0n) is 19.2. The molecule has 1 fully saturated rings. The van der Waals surface area contributed by atoms with E-state index in [1.807, 2.05) is 42.8 Å². The predicted octanol–water partition coefficient (Wildman–Crippen LogP) is 2.46. The first-order valence-corrected chi connectivity index (χ1v) is 11.8. The normalized spacial score (nSPS) is 16.4. The monoisotopic (exact) mass is 467 g/mol. The topological polar surface area (TPSA) is 82.8 Å². The summed E-state index contributed by atoms with van der Waals surface area (Å²) in [5.41, 5.74) is 1.38. The van der Waals surface area contributed by atoms with E-state index < -0.39 is 0 Å². The Morgan fingerprint density at radius 2 is 2.24 bits per heavy atom. The van der Waals surface area contributed by atoms with Gasteiger partial charge in [0, 0.05) is 50.6 Å². The maximum atomic E-state index is 13.3. The SMILES string of the molecule is C#CCN(C)C/C=C/C(=O)N1CCN(C(=O)c2cccnc2SCc2cc(C)no2)[C@H](C)C1. The summed E-state index contributed by atoms with van der Waals surface area (Å²) in [5.74, 6) is 3.72. The Hall–Kier alpha value is -3.09. The number of amides is 2. The number of pyridine rings is 1. The molecule has 1 aliphatic heterocycles. The molecule has 174 valence electrons. The van der Waals surface area contributed by atoms with Gasteiger partial charge in [-0.05, 0) is 33.0 Å². The van der Waals surface area contributed by atoms with Gasteiger partial charge in [-0.2, -0.15) is 0 Å². The second kappa shape index (κ2) is 11.7. The molecule has 0 bridgehead atoms. The average molecular weight is 468 g/mol. The van der Waals surface area contributed by atoms with Crippen LogP contribution in [0.1, 0.15) is 28.7 Å². The van der Waals surface area contributed by atoms with E-state index in [2.05, 4.69) is 16.1 Å². The van der Waals surface area contributed by atoms with E-state index in [1.165, 1.54) is 11.8 Å². The van der Waals surface area contributed by atoms with Crippen LogP contribution in [0, 0.1) is 19.3 Å². The average Bonchev–Trinajstić information content (AvgIpc) is 3.22. The number of carbonyl (C=O) groups is 2. The Labute approximate surface area is 199 Å². The van der Waals surface area contributed by atoms with E-state index in [-0.39, 0.29) is 17.9 Å². The number of hydrogen-bond donors (Lipinski definition) is 0. The van der Waals surface area contributed by atoms with Crippen molar-refractivity contribution >= 4 is 23.6 Å². The number of likely N-dealkylation sites (N-methyl/N-ethyl adjacent to an activating group) is 1. The van der Waals surface area contributed by atoms with Gasteiger partial charge in [-0.1, -0.05) is 28.9 Å². The molecule has 0 unspecified atom stereocenters. The van der Waals surface area contributed by atoms with Crippen LogP contribution in [-0.2, 0) is 10.5 Å². The molecule has 2 aromatic heterocycles. The van der Waals surface area contributed by atoms with Crippen LogP contribution in [0.15, 0.2) is 46.1 Å². The lowest BCUT2D eigenvalue weighted by molar-refractivity contribution is -0.128. The van der Waals surface area contributed by atoms with Gasteiger partial charge in [0.05, 0.1) is 23.6 Å². The summed E-state index contributed by atoms with van der Waals surface area (Å²) < 4.78 is 5.26. The van der Waals surface area contributed by atoms with Crippen molar-refractivity contribution in [1.29, 1.82) is 0 Å². The molecular weight excluding hydrogens is 438 g/mol. The Bertz CT molecular complexity index is 1040. The van der Waals surface area contributed by atoms with Gasteiger partial charge in [-0.25, -0.2) is 4.98 Å². The first-order chi connectivity index (χ1) is 15.9. The van der Waals surface area contributed by atoms with Crippen molar-refractivity contribution in [2.75, 3.05) is 39.8 Å². The molecule has 0 radical (unpaired) electrons. The van der Waals surface area contributed by atoms with E-state index in [0.29, 0.717) is 49.1 Å². The van der Waals surface area contributed by atoms with Crippen molar-refractivity contribution < 1.29 is 14.1 Å². The number of thioether (sulfide) groups is 1. The molecule has 0 aliphatic carbocycles. The number of aromatic nitrogens is 2. The van der Waals surface area contributed by atoms with E-state index in [4.69, 9.17) is 10.9 Å². The summed E-state index contributed by atoms with van der Waals surface area (Å²) in [5, 5.41) is 4.55. The van der Waals surface area contributed by atoms with Crippen molar-refractivity contribution in [3.05, 3.63) is 53.6 Å². The third kappa shape index (κ3) is 6.70. The smallest absolute Gasteiger partial charge is 0.256 e. The van der Waals surface area contributed by atoms with Crippen molar-refractivity contribution in [2.45, 2.75) is 30.7 Å². The minimum absolute atomic E-state index is 0.0528. The second-order valence-electron chi connectivity index (χ2n) is 8.01. The molecule has 3 heterocycles. The van der Waals surface area contributed by atoms with Crippen LogP contribution < -0.4 is 0 Å². The second-order valence-corrected chi connectivity index (χ2v) is 8.98. The maximum Gasteiger partial charge on any atom is 0.256 e. The van der Waals surface area contributed by atoms with Gasteiger partial charge in [-0.15, -0.1) is 6.42 Å². The van der Waals surface area contributed by atoms with E-state index in [9.17, 15) is 9.59 Å². The minimum atomic E-state index is -0.109. The van der Waals surface area contributed by atoms with Crippen LogP contribution in [0.4, 0.5) is 0 Å². The van der Waals surface area contributed by atoms with E-state index in [1.54, 1.807) is 29.3 Å². The van der Waals surface area contributed by atoms with Crippen LogP contribution >= 0.6 is 11.8 Å². The number of rotatable bonds is 8. The van der Waals surface area contributed by atoms with Gasteiger partial charge in [0.1, 0.15) is 10.8 Å². The standard InChI is InChI=1S/C24H29N5O3S/c1-5-11-27(4)12-7-9-22(30)28-13-14-29(19(3)16-28)24(31)21-8-6-10-25-23(21)33-17-20-15-18(2)26-32-20/h1,6-10,15,19H,11-14,16-17H2,2-4H3/b9-7+/t19-/m1/s1. The molecule has 0 spiro atoms. The zero-order chi connectivity index (χ0) is 23.8. The molecule has 9 heteroatoms. The Kier molecular flexibility index (Phi) is 8.69. The number of piperazine rings is 1. The zero-order valence-corrected chi connectivity index (χ0v) is 20.0. The summed E-state index contributed by atoms with van der Waals surface area (Å²) in [7, 11) is 1.90. The quantitative estimate of drug-likeness (QED) is 0.335. The number of terminal acetylenes is 1. The van der Waals surface area contributed by atoms with E-state index in [0.717, 1.165) is 11.5 Å². The largest absolute Gasteiger partial charge is 0.360 e. The lowest BCUT2D eigenvalue weighted by Crippen LogP contribution is -2.55. The fourth-order valence-corrected chi connectivity index (χ4v) is 4.43. The number of aryl methyl sites for hydroxylation is 1. The van der Waals surface area contributed by atoms with Crippen LogP contribution in [0.3, 0.4) is 0 Å². The molecule has 0 N–H and O–H groups in total. The molecule has 2 amide bonds. The van der Waals surface area contributed by atoms with Crippen LogP contribution in [-0.4, -0.2) is 82.5 Å². The van der Waals surface area contributed by atoms with E-state index >= 15 is 0 Å². The Morgan fingerprint density at radius 3 is 2.94 bits per heavy atom. The van der Waals surface area contributed by atoms with Gasteiger partial charge in [0.15, 0.2) is 0 Å². The lowest BCUT2D eigenvalue weighted by atomic mass is 10.1. The maximum absolute atomic E-state index is 13.3. The molecule has 0 aromatic carbocycles. The van der Waals surface area contributed by atoms with Gasteiger partial charge in [0.25, 0.3) is 5.91 Å². The van der Waals surface area contributed by atoms with Crippen molar-refractivity contribution in [1.82, 2.24) is 24.8 Å². The van der Waals surface area contributed by atoms with Gasteiger partial charge < -0.3 is 14.3 Å². The molecular formula is C24H29N5O3S. The third-order valence-electron chi connectivity index (χ3n) is 5.27. The molecule has 1 saturated heterocycles. The highest BCUT2D eigenvalue weighted by atomic mass is 32.2. The van der Waals surface area contributed by atoms with Gasteiger partial charge in [0.2, 0.25) is 5.91 Å². The highest BCUT2D eigenvalue weighted by molar-refractivity contribution is 7.98. The van der Waals surface area contributed by atoms with Crippen LogP contribution in [0.5, 0.6) is 0 Å². The van der Waals surface area contributed by atoms with Gasteiger partial charge >= 0.3 is 0 Å². The molecule has 2 aromatic rings. The van der Waals surface area contributed by atoms with Gasteiger partial charge in [-0.3, -0.25) is 14.5 Å². The Morgan fingerprint density at radius 1 is 1.42 bits per heavy atom. The van der Waals surface area contributed by atoms with Crippen LogP contribution in [0.25, 0.3) is 0 Å². The predicted molar refractivity (Wildman–Crippen MR) is 128 cm³/mol. The molecule has 0 saturated carbocycles. The first kappa shape index (κ1) is 24.6. The molecule has 1 atom stereocenters. The lowest BCUT2D eigenvalue weighted by Gasteiger charge is -2.39. The van der Waals surface area contributed by atoms with Crippen molar-refractivity contribution in [2.24, 2.45) is 0 Å². The molecule has 33 heavy (non-hydrogen) atoms. The Balaban J connectivity index is 1.59. The first-order valence-electron chi connectivity index (χ1n) is 10.8. The summed E-state index contributed by atoms with van der Waals surface area (Å²) in [4.78, 5) is 35.8. The van der Waals surface area contributed by atoms with Crippen molar-refractivity contribution in [3.8, 4) is 12.3 Å². The summed E-state index contributed by atoms with van der Waals surface area (Å²) in [6.07, 6.45) is 10.4. The highest BCUT2D eigenvalue weighted by Gasteiger charge is 2.31. The summed E-state index contributed by atoms with van der Waals surface area (Å²) >= 11 is 1.44. The number of carbonyl (C=O) groups excluding carboxylic acids is 2. The minimum Gasteiger partial charge on any atom is -0.360 e. The highest BCUT2D eigenvalue weighted by Crippen LogP contribution is 2.26. The molecule has 1 aliphatic rings. The number of nitrogens with zero attached hydrogens (tertiary/aromatic N) is 5. The number of hydrogen-bond acceptors (Lipinski definition) is 7. The fourth-order valence-electron chi connectivity index (χ4n) is 3.57. The summed E-state index contributed by atoms with van der Waals surface area (Å²) in [6, 6.07) is 5.32. The van der Waals surface area contributed by atoms with Crippen LogP contribution in [0.2, 0.25) is 0 Å². The summed E-state index contributed by atoms with van der Waals surface area (Å²) in [6.45, 7) is 6.41. The molecule has 8 nitrogen and oxygen atoms in total.